The molecule has 2 heterocycles. The number of nitrogen functional groups attached to an aromatic ring is 1. The van der Waals surface area contributed by atoms with Gasteiger partial charge in [0, 0.05) is 19.2 Å². The molecule has 2 N–H and O–H groups in total. The summed E-state index contributed by atoms with van der Waals surface area (Å²) in [5, 5.41) is 8.91. The molecule has 1 fully saturated rings. The van der Waals surface area contributed by atoms with Gasteiger partial charge in [0.05, 0.1) is 6.20 Å². The topological polar surface area (TPSA) is 75.2 Å². The van der Waals surface area contributed by atoms with Gasteiger partial charge >= 0.3 is 0 Å². The summed E-state index contributed by atoms with van der Waals surface area (Å²) < 4.78 is 5.76. The van der Waals surface area contributed by atoms with Crippen LogP contribution in [0, 0.1) is 11.3 Å². The molecule has 0 saturated carbocycles. The maximum Gasteiger partial charge on any atom is 0.142 e. The quantitative estimate of drug-likeness (QED) is 0.787. The van der Waals surface area contributed by atoms with E-state index in [-0.39, 0.29) is 6.10 Å². The highest BCUT2D eigenvalue weighted by Gasteiger charge is 2.22. The Morgan fingerprint density at radius 2 is 2.50 bits per heavy atom. The first-order valence-electron chi connectivity index (χ1n) is 5.20. The molecule has 16 heavy (non-hydrogen) atoms. The zero-order chi connectivity index (χ0) is 11.5. The second kappa shape index (κ2) is 4.37. The fourth-order valence-corrected chi connectivity index (χ4v) is 1.80. The molecule has 2 rings (SSSR count). The summed E-state index contributed by atoms with van der Waals surface area (Å²) in [7, 11) is 2.05. The third-order valence-corrected chi connectivity index (χ3v) is 2.65. The monoisotopic (exact) mass is 218 g/mol. The summed E-state index contributed by atoms with van der Waals surface area (Å²) in [6.07, 6.45) is 2.56. The Hall–Kier alpha value is -1.80. The molecule has 0 unspecified atom stereocenters. The van der Waals surface area contributed by atoms with Gasteiger partial charge in [-0.15, -0.1) is 0 Å². The molecule has 1 saturated heterocycles. The Bertz CT molecular complexity index is 426. The number of nitriles is 1. The zero-order valence-electron chi connectivity index (χ0n) is 9.18. The maximum atomic E-state index is 8.91. The number of likely N-dealkylation sites (tertiary alicyclic amines) is 1. The second-order valence-corrected chi connectivity index (χ2v) is 4.01. The van der Waals surface area contributed by atoms with Crippen molar-refractivity contribution in [2.75, 3.05) is 25.9 Å². The highest BCUT2D eigenvalue weighted by molar-refractivity contribution is 5.47. The molecule has 5 nitrogen and oxygen atoms in total. The smallest absolute Gasteiger partial charge is 0.142 e. The Labute approximate surface area is 94.4 Å². The van der Waals surface area contributed by atoms with Gasteiger partial charge in [0.25, 0.3) is 0 Å². The van der Waals surface area contributed by atoms with E-state index in [1.165, 1.54) is 6.20 Å². The van der Waals surface area contributed by atoms with Crippen LogP contribution >= 0.6 is 0 Å². The van der Waals surface area contributed by atoms with E-state index < -0.39 is 0 Å². The lowest BCUT2D eigenvalue weighted by molar-refractivity contribution is 0.207. The molecule has 0 aromatic carbocycles. The molecule has 1 atom stereocenters. The standard InChI is InChI=1S/C11H14N4O/c1-15-3-2-9(7-15)16-10-4-11(13)14-6-8(10)5-12/h4,6,9H,2-3,7H2,1H3,(H2,13,14)/t9-/m0/s1. The summed E-state index contributed by atoms with van der Waals surface area (Å²) in [6.45, 7) is 1.90. The number of likely N-dealkylation sites (N-methyl/N-ethyl adjacent to an activating group) is 1. The average molecular weight is 218 g/mol. The number of pyridine rings is 1. The molecular formula is C11H14N4O. The number of nitrogens with zero attached hydrogens (tertiary/aromatic N) is 3. The van der Waals surface area contributed by atoms with E-state index in [2.05, 4.69) is 23.0 Å². The number of ether oxygens (including phenoxy) is 1. The minimum atomic E-state index is 0.138. The predicted molar refractivity (Wildman–Crippen MR) is 59.9 cm³/mol. The van der Waals surface area contributed by atoms with E-state index in [0.717, 1.165) is 19.5 Å². The predicted octanol–water partition coefficient (Wildman–Crippen LogP) is 0.618. The van der Waals surface area contributed by atoms with Gasteiger partial charge in [-0.25, -0.2) is 4.98 Å². The van der Waals surface area contributed by atoms with Crippen LogP contribution in [0.2, 0.25) is 0 Å². The van der Waals surface area contributed by atoms with E-state index in [4.69, 9.17) is 15.7 Å². The fourth-order valence-electron chi connectivity index (χ4n) is 1.80. The van der Waals surface area contributed by atoms with E-state index in [1.807, 2.05) is 0 Å². The third kappa shape index (κ3) is 2.23. The Kier molecular flexibility index (Phi) is 2.93. The van der Waals surface area contributed by atoms with Gasteiger partial charge in [-0.05, 0) is 13.5 Å². The lowest BCUT2D eigenvalue weighted by atomic mass is 10.2. The summed E-state index contributed by atoms with van der Waals surface area (Å²) >= 11 is 0. The van der Waals surface area contributed by atoms with Crippen molar-refractivity contribution in [2.24, 2.45) is 0 Å². The molecule has 0 spiro atoms. The molecule has 0 aliphatic carbocycles. The van der Waals surface area contributed by atoms with Gasteiger partial charge in [0.15, 0.2) is 0 Å². The second-order valence-electron chi connectivity index (χ2n) is 4.01. The van der Waals surface area contributed by atoms with E-state index in [1.54, 1.807) is 6.07 Å². The first-order chi connectivity index (χ1) is 7.69. The van der Waals surface area contributed by atoms with Crippen molar-refractivity contribution < 1.29 is 4.74 Å². The number of nitrogens with two attached hydrogens (primary N) is 1. The SMILES string of the molecule is CN1CC[C@H](Oc2cc(N)ncc2C#N)C1. The average Bonchev–Trinajstić information content (AvgIpc) is 2.64. The van der Waals surface area contributed by atoms with Gasteiger partial charge in [-0.3, -0.25) is 0 Å². The van der Waals surface area contributed by atoms with Crippen molar-refractivity contribution in [1.82, 2.24) is 9.88 Å². The number of hydrogen-bond acceptors (Lipinski definition) is 5. The van der Waals surface area contributed by atoms with Crippen LogP contribution in [-0.2, 0) is 0 Å². The first kappa shape index (κ1) is 10.7. The lowest BCUT2D eigenvalue weighted by Gasteiger charge is -2.14. The molecule has 1 aromatic rings. The van der Waals surface area contributed by atoms with Crippen LogP contribution in [0.5, 0.6) is 5.75 Å². The van der Waals surface area contributed by atoms with Gasteiger partial charge < -0.3 is 15.4 Å². The molecule has 1 aromatic heterocycles. The Balaban J connectivity index is 2.14. The van der Waals surface area contributed by atoms with Crippen LogP contribution in [0.15, 0.2) is 12.3 Å². The van der Waals surface area contributed by atoms with E-state index in [0.29, 0.717) is 17.1 Å². The van der Waals surface area contributed by atoms with Crippen LogP contribution in [0.3, 0.4) is 0 Å². The largest absolute Gasteiger partial charge is 0.487 e. The number of rotatable bonds is 2. The highest BCUT2D eigenvalue weighted by Crippen LogP contribution is 2.22. The van der Waals surface area contributed by atoms with Gasteiger partial charge in [-0.1, -0.05) is 0 Å². The van der Waals surface area contributed by atoms with E-state index >= 15 is 0 Å². The maximum absolute atomic E-state index is 8.91. The summed E-state index contributed by atoms with van der Waals surface area (Å²) in [5.41, 5.74) is 6.01. The summed E-state index contributed by atoms with van der Waals surface area (Å²) in [5.74, 6) is 0.913. The van der Waals surface area contributed by atoms with Crippen molar-refractivity contribution in [2.45, 2.75) is 12.5 Å². The number of anilines is 1. The van der Waals surface area contributed by atoms with Crippen molar-refractivity contribution in [1.29, 1.82) is 5.26 Å². The van der Waals surface area contributed by atoms with Crippen molar-refractivity contribution in [3.63, 3.8) is 0 Å². The molecule has 0 bridgehead atoms. The molecule has 84 valence electrons. The lowest BCUT2D eigenvalue weighted by Crippen LogP contribution is -2.21. The van der Waals surface area contributed by atoms with Gasteiger partial charge in [0.2, 0.25) is 0 Å². The minimum Gasteiger partial charge on any atom is -0.487 e. The Morgan fingerprint density at radius 1 is 1.69 bits per heavy atom. The summed E-state index contributed by atoms with van der Waals surface area (Å²) in [4.78, 5) is 6.06. The zero-order valence-corrected chi connectivity index (χ0v) is 9.18. The van der Waals surface area contributed by atoms with Crippen LogP contribution in [0.1, 0.15) is 12.0 Å². The first-order valence-corrected chi connectivity index (χ1v) is 5.20. The summed E-state index contributed by atoms with van der Waals surface area (Å²) in [6, 6.07) is 3.66. The fraction of sp³-hybridized carbons (Fsp3) is 0.455. The highest BCUT2D eigenvalue weighted by atomic mass is 16.5. The normalized spacial score (nSPS) is 20.6. The molecular weight excluding hydrogens is 204 g/mol. The minimum absolute atomic E-state index is 0.138. The molecule has 5 heteroatoms. The van der Waals surface area contributed by atoms with Crippen molar-refractivity contribution in [3.05, 3.63) is 17.8 Å². The van der Waals surface area contributed by atoms with Crippen molar-refractivity contribution >= 4 is 5.82 Å². The Morgan fingerprint density at radius 3 is 3.12 bits per heavy atom. The molecule has 1 aliphatic rings. The van der Waals surface area contributed by atoms with Gasteiger partial charge in [-0.2, -0.15) is 5.26 Å². The third-order valence-electron chi connectivity index (χ3n) is 2.65. The molecule has 1 aliphatic heterocycles. The number of hydrogen-bond donors (Lipinski definition) is 1. The number of aromatic nitrogens is 1. The van der Waals surface area contributed by atoms with Gasteiger partial charge in [0.1, 0.15) is 29.3 Å². The molecule has 0 radical (unpaired) electrons. The van der Waals surface area contributed by atoms with Crippen LogP contribution in [0.4, 0.5) is 5.82 Å². The van der Waals surface area contributed by atoms with Crippen LogP contribution in [-0.4, -0.2) is 36.1 Å². The van der Waals surface area contributed by atoms with E-state index in [9.17, 15) is 0 Å². The van der Waals surface area contributed by atoms with Crippen LogP contribution < -0.4 is 10.5 Å². The van der Waals surface area contributed by atoms with Crippen LogP contribution in [0.25, 0.3) is 0 Å². The van der Waals surface area contributed by atoms with Crippen molar-refractivity contribution in [3.8, 4) is 11.8 Å². The molecule has 0 amide bonds.